The van der Waals surface area contributed by atoms with Crippen LogP contribution in [0.5, 0.6) is 0 Å². The van der Waals surface area contributed by atoms with E-state index in [0.29, 0.717) is 33.8 Å². The number of nitrogens with one attached hydrogen (secondary N) is 1. The topological polar surface area (TPSA) is 136 Å². The number of carbonyl (C=O) groups excluding carboxylic acids is 4. The molecule has 5 fully saturated rings. The summed E-state index contributed by atoms with van der Waals surface area (Å²) in [6.45, 7) is 11.8. The smallest absolute Gasteiger partial charge is 0.262 e. The lowest BCUT2D eigenvalue weighted by Gasteiger charge is -2.48. The third-order valence-corrected chi connectivity index (χ3v) is 14.1. The van der Waals surface area contributed by atoms with Crippen molar-refractivity contribution in [2.75, 3.05) is 73.6 Å². The van der Waals surface area contributed by atoms with Crippen molar-refractivity contribution in [3.05, 3.63) is 69.2 Å². The molecule has 9 rings (SSSR count). The van der Waals surface area contributed by atoms with Crippen LogP contribution >= 0.6 is 22.9 Å². The predicted octanol–water partition coefficient (Wildman–Crippen LogP) is 3.96. The number of piperidine rings is 2. The Morgan fingerprint density at radius 3 is 2.42 bits per heavy atom. The van der Waals surface area contributed by atoms with Crippen LogP contribution in [0, 0.1) is 16.7 Å². The van der Waals surface area contributed by atoms with E-state index in [1.165, 1.54) is 4.88 Å². The molecule has 6 aliphatic heterocycles. The summed E-state index contributed by atoms with van der Waals surface area (Å²) in [4.78, 5) is 69.9. The quantitative estimate of drug-likeness (QED) is 0.349. The number of benzene rings is 2. The number of nitrogens with zero attached hydrogens (tertiary/aromatic N) is 8. The molecule has 4 amide bonds. The number of imide groups is 2. The van der Waals surface area contributed by atoms with Gasteiger partial charge in [-0.25, -0.2) is 4.98 Å². The SMILES string of the molecule is C[C@H]1CC2(CCN(c3ncc(CN4CC(N5CCN(c6ccc7c(c6)C(=O)N(C6CCC(=O)NC6=O)C7=O)CC5)C4)s3)CC2)CN1c1ccc(C#N)c(Cl)c1. The molecule has 1 spiro atoms. The van der Waals surface area contributed by atoms with Gasteiger partial charge in [0, 0.05) is 106 Å². The number of rotatable bonds is 7. The van der Waals surface area contributed by atoms with Gasteiger partial charge >= 0.3 is 0 Å². The molecular formula is C40H44ClN9O4S. The van der Waals surface area contributed by atoms with Crippen molar-refractivity contribution in [2.24, 2.45) is 5.41 Å². The first-order valence-corrected chi connectivity index (χ1v) is 20.5. The van der Waals surface area contributed by atoms with Crippen LogP contribution in [0.4, 0.5) is 16.5 Å². The molecule has 15 heteroatoms. The number of likely N-dealkylation sites (tertiary alicyclic amines) is 1. The van der Waals surface area contributed by atoms with Gasteiger partial charge < -0.3 is 14.7 Å². The summed E-state index contributed by atoms with van der Waals surface area (Å²) in [6, 6.07) is 13.3. The second kappa shape index (κ2) is 14.2. The molecule has 1 unspecified atom stereocenters. The van der Waals surface area contributed by atoms with E-state index in [9.17, 15) is 24.4 Å². The van der Waals surface area contributed by atoms with E-state index in [0.717, 1.165) is 106 Å². The lowest BCUT2D eigenvalue weighted by Crippen LogP contribution is -2.62. The van der Waals surface area contributed by atoms with Gasteiger partial charge in [-0.2, -0.15) is 5.26 Å². The Bertz CT molecular complexity index is 2100. The lowest BCUT2D eigenvalue weighted by molar-refractivity contribution is -0.136. The molecular weight excluding hydrogens is 738 g/mol. The largest absolute Gasteiger partial charge is 0.369 e. The lowest BCUT2D eigenvalue weighted by atomic mass is 9.77. The molecule has 286 valence electrons. The maximum Gasteiger partial charge on any atom is 0.262 e. The number of carbonyl (C=O) groups is 4. The number of piperazine rings is 1. The van der Waals surface area contributed by atoms with Gasteiger partial charge in [0.1, 0.15) is 12.1 Å². The summed E-state index contributed by atoms with van der Waals surface area (Å²) in [5.74, 6) is -1.93. The molecule has 3 aromatic rings. The molecule has 1 aromatic heterocycles. The third kappa shape index (κ3) is 6.64. The minimum absolute atomic E-state index is 0.102. The summed E-state index contributed by atoms with van der Waals surface area (Å²) in [6.07, 6.45) is 5.75. The van der Waals surface area contributed by atoms with E-state index in [2.05, 4.69) is 49.0 Å². The average Bonchev–Trinajstić information content (AvgIpc) is 3.84. The highest BCUT2D eigenvalue weighted by molar-refractivity contribution is 7.15. The number of anilines is 3. The second-order valence-electron chi connectivity index (χ2n) is 16.1. The third-order valence-electron chi connectivity index (χ3n) is 12.7. The van der Waals surface area contributed by atoms with Crippen LogP contribution in [-0.4, -0.2) is 120 Å². The van der Waals surface area contributed by atoms with E-state index in [-0.39, 0.29) is 24.2 Å². The van der Waals surface area contributed by atoms with Crippen LogP contribution in [0.1, 0.15) is 70.2 Å². The molecule has 7 heterocycles. The standard InChI is InChI=1S/C40H44ClN9O4S/c1-25-18-40(24-49(25)28-3-2-26(19-42)33(41)17-28)8-10-48(11-9-40)39-43-20-30(55-39)23-45-21-29(22-45)47-14-12-46(13-15-47)27-4-5-31-32(16-27)38(54)50(37(31)53)34-6-7-35(51)44-36(34)52/h2-5,16-17,20,25,29,34H,6-15,18,21-24H2,1H3,(H,44,51,52)/t25-,34?/m0/s1. The number of hydrogen-bond donors (Lipinski definition) is 1. The van der Waals surface area contributed by atoms with Crippen LogP contribution in [-0.2, 0) is 16.1 Å². The first kappa shape index (κ1) is 36.1. The maximum atomic E-state index is 13.3. The van der Waals surface area contributed by atoms with Gasteiger partial charge in [-0.05, 0) is 74.4 Å². The van der Waals surface area contributed by atoms with Gasteiger partial charge in [0.2, 0.25) is 11.8 Å². The number of nitriles is 1. The fraction of sp³-hybridized carbons (Fsp3) is 0.500. The van der Waals surface area contributed by atoms with Crippen LogP contribution in [0.2, 0.25) is 5.02 Å². The van der Waals surface area contributed by atoms with Crippen molar-refractivity contribution in [2.45, 2.75) is 63.7 Å². The highest BCUT2D eigenvalue weighted by Crippen LogP contribution is 2.46. The van der Waals surface area contributed by atoms with Crippen molar-refractivity contribution < 1.29 is 19.2 Å². The Morgan fingerprint density at radius 1 is 0.945 bits per heavy atom. The Labute approximate surface area is 329 Å². The zero-order valence-electron chi connectivity index (χ0n) is 30.9. The van der Waals surface area contributed by atoms with Gasteiger partial charge in [0.25, 0.3) is 11.8 Å². The number of aromatic nitrogens is 1. The molecule has 13 nitrogen and oxygen atoms in total. The molecule has 0 bridgehead atoms. The Hall–Kier alpha value is -4.55. The van der Waals surface area contributed by atoms with Crippen LogP contribution in [0.3, 0.4) is 0 Å². The Morgan fingerprint density at radius 2 is 1.69 bits per heavy atom. The van der Waals surface area contributed by atoms with Gasteiger partial charge in [0.15, 0.2) is 5.13 Å². The average molecular weight is 782 g/mol. The van der Waals surface area contributed by atoms with Crippen LogP contribution < -0.4 is 20.0 Å². The van der Waals surface area contributed by atoms with Gasteiger partial charge in [-0.15, -0.1) is 11.3 Å². The zero-order valence-corrected chi connectivity index (χ0v) is 32.4. The van der Waals surface area contributed by atoms with Gasteiger partial charge in [0.05, 0.1) is 21.7 Å². The monoisotopic (exact) mass is 781 g/mol. The highest BCUT2D eigenvalue weighted by Gasteiger charge is 2.46. The van der Waals surface area contributed by atoms with E-state index in [4.69, 9.17) is 16.6 Å². The first-order valence-electron chi connectivity index (χ1n) is 19.3. The van der Waals surface area contributed by atoms with Gasteiger partial charge in [-0.1, -0.05) is 11.6 Å². The fourth-order valence-electron chi connectivity index (χ4n) is 9.61. The second-order valence-corrected chi connectivity index (χ2v) is 17.6. The van der Waals surface area contributed by atoms with Crippen LogP contribution in [0.25, 0.3) is 0 Å². The Balaban J connectivity index is 0.730. The maximum absolute atomic E-state index is 13.3. The molecule has 6 aliphatic rings. The van der Waals surface area contributed by atoms with Crippen molar-refractivity contribution in [3.63, 3.8) is 0 Å². The van der Waals surface area contributed by atoms with E-state index < -0.39 is 23.8 Å². The molecule has 0 saturated carbocycles. The number of amides is 4. The minimum Gasteiger partial charge on any atom is -0.369 e. The van der Waals surface area contributed by atoms with Crippen molar-refractivity contribution in [3.8, 4) is 6.07 Å². The summed E-state index contributed by atoms with van der Waals surface area (Å²) < 4.78 is 0. The van der Waals surface area contributed by atoms with Crippen molar-refractivity contribution in [1.82, 2.24) is 25.0 Å². The molecule has 2 aromatic carbocycles. The minimum atomic E-state index is -0.961. The zero-order chi connectivity index (χ0) is 38.0. The summed E-state index contributed by atoms with van der Waals surface area (Å²) in [5, 5.41) is 13.2. The number of hydrogen-bond acceptors (Lipinski definition) is 12. The number of halogens is 1. The Kier molecular flexibility index (Phi) is 9.32. The van der Waals surface area contributed by atoms with E-state index >= 15 is 0 Å². The molecule has 5 saturated heterocycles. The predicted molar refractivity (Wildman–Crippen MR) is 210 cm³/mol. The highest BCUT2D eigenvalue weighted by atomic mass is 35.5. The van der Waals surface area contributed by atoms with Gasteiger partial charge in [-0.3, -0.25) is 39.2 Å². The van der Waals surface area contributed by atoms with E-state index in [1.54, 1.807) is 12.1 Å². The van der Waals surface area contributed by atoms with Crippen molar-refractivity contribution in [1.29, 1.82) is 5.26 Å². The normalized spacial score (nSPS) is 24.7. The summed E-state index contributed by atoms with van der Waals surface area (Å²) in [5.41, 5.74) is 3.44. The molecule has 55 heavy (non-hydrogen) atoms. The first-order chi connectivity index (χ1) is 26.6. The fourth-order valence-corrected chi connectivity index (χ4v) is 10.8. The summed E-state index contributed by atoms with van der Waals surface area (Å²) in [7, 11) is 0. The molecule has 1 N–H and O–H groups in total. The molecule has 0 aliphatic carbocycles. The molecule has 2 atom stereocenters. The van der Waals surface area contributed by atoms with E-state index in [1.807, 2.05) is 35.6 Å². The summed E-state index contributed by atoms with van der Waals surface area (Å²) >= 11 is 8.20. The number of fused-ring (bicyclic) bond motifs is 1. The number of thiazole rings is 1. The van der Waals surface area contributed by atoms with Crippen molar-refractivity contribution >= 4 is 63.1 Å². The molecule has 0 radical (unpaired) electrons. The van der Waals surface area contributed by atoms with Crippen LogP contribution in [0.15, 0.2) is 42.6 Å².